The second-order valence-corrected chi connectivity index (χ2v) is 5.79. The zero-order valence-corrected chi connectivity index (χ0v) is 12.0. The minimum atomic E-state index is 0.191. The van der Waals surface area contributed by atoms with Crippen molar-refractivity contribution < 1.29 is 9.47 Å². The van der Waals surface area contributed by atoms with Gasteiger partial charge in [0, 0.05) is 39.4 Å². The van der Waals surface area contributed by atoms with E-state index in [0.29, 0.717) is 0 Å². The number of hydrogen-bond donors (Lipinski definition) is 1. The molecule has 2 N–H and O–H groups in total. The summed E-state index contributed by atoms with van der Waals surface area (Å²) in [4.78, 5) is 2.55. The summed E-state index contributed by atoms with van der Waals surface area (Å²) >= 11 is 0. The quantitative estimate of drug-likeness (QED) is 0.744. The van der Waals surface area contributed by atoms with Crippen LogP contribution in [0, 0.1) is 5.92 Å². The molecule has 0 aromatic carbocycles. The van der Waals surface area contributed by atoms with Gasteiger partial charge < -0.3 is 15.2 Å². The van der Waals surface area contributed by atoms with Gasteiger partial charge in [-0.15, -0.1) is 0 Å². The lowest BCUT2D eigenvalue weighted by Gasteiger charge is -2.42. The smallest absolute Gasteiger partial charge is 0.0972 e. The van der Waals surface area contributed by atoms with Crippen molar-refractivity contribution in [2.75, 3.05) is 33.9 Å². The normalized spacial score (nSPS) is 32.7. The molecule has 1 aliphatic heterocycles. The second-order valence-electron chi connectivity index (χ2n) is 5.79. The average molecular weight is 256 g/mol. The van der Waals surface area contributed by atoms with E-state index in [1.54, 1.807) is 14.2 Å². The Hall–Kier alpha value is -0.160. The van der Waals surface area contributed by atoms with E-state index >= 15 is 0 Å². The highest BCUT2D eigenvalue weighted by atomic mass is 16.5. The number of nitrogens with zero attached hydrogens (tertiary/aromatic N) is 1. The predicted molar refractivity (Wildman–Crippen MR) is 72.6 cm³/mol. The summed E-state index contributed by atoms with van der Waals surface area (Å²) in [5, 5.41) is 0. The van der Waals surface area contributed by atoms with Gasteiger partial charge in [-0.25, -0.2) is 0 Å². The van der Waals surface area contributed by atoms with Gasteiger partial charge in [-0.1, -0.05) is 13.3 Å². The number of ether oxygens (including phenoxy) is 2. The fourth-order valence-electron chi connectivity index (χ4n) is 3.63. The van der Waals surface area contributed by atoms with Gasteiger partial charge in [0.05, 0.1) is 12.2 Å². The molecule has 0 amide bonds. The monoisotopic (exact) mass is 256 g/mol. The lowest BCUT2D eigenvalue weighted by atomic mass is 9.86. The maximum absolute atomic E-state index is 6.17. The number of likely N-dealkylation sites (tertiary alicyclic amines) is 1. The Morgan fingerprint density at radius 1 is 1.17 bits per heavy atom. The molecule has 0 bridgehead atoms. The summed E-state index contributed by atoms with van der Waals surface area (Å²) in [7, 11) is 3.56. The summed E-state index contributed by atoms with van der Waals surface area (Å²) in [5.74, 6) is 0.788. The van der Waals surface area contributed by atoms with E-state index in [9.17, 15) is 0 Å². The Bertz CT molecular complexity index is 259. The first-order valence-electron chi connectivity index (χ1n) is 7.22. The molecule has 3 unspecified atom stereocenters. The van der Waals surface area contributed by atoms with Gasteiger partial charge >= 0.3 is 0 Å². The summed E-state index contributed by atoms with van der Waals surface area (Å²) in [5.41, 5.74) is 6.36. The van der Waals surface area contributed by atoms with Crippen LogP contribution in [0.1, 0.15) is 32.6 Å². The topological polar surface area (TPSA) is 47.7 Å². The molecule has 3 atom stereocenters. The van der Waals surface area contributed by atoms with Gasteiger partial charge in [-0.05, 0) is 25.2 Å². The third-order valence-corrected chi connectivity index (χ3v) is 4.82. The van der Waals surface area contributed by atoms with E-state index < -0.39 is 0 Å². The van der Waals surface area contributed by atoms with Crippen LogP contribution in [0.25, 0.3) is 0 Å². The Kier molecular flexibility index (Phi) is 4.64. The molecule has 2 fully saturated rings. The first kappa shape index (κ1) is 14.3. The van der Waals surface area contributed by atoms with Crippen molar-refractivity contribution in [2.45, 2.75) is 50.4 Å². The standard InChI is InChI=1S/C14H28N2O2/c1-4-7-14(10-15,11-5-6-11)16-8-12(17-2)13(9-16)18-3/h11-13H,4-10,15H2,1-3H3. The summed E-state index contributed by atoms with van der Waals surface area (Å²) in [6.07, 6.45) is 5.44. The van der Waals surface area contributed by atoms with Crippen LogP contribution in [0.4, 0.5) is 0 Å². The molecule has 0 radical (unpaired) electrons. The van der Waals surface area contributed by atoms with Gasteiger partial charge in [0.25, 0.3) is 0 Å². The average Bonchev–Trinajstić information content (AvgIpc) is 3.15. The minimum absolute atomic E-state index is 0.191. The molecule has 1 saturated carbocycles. The molecule has 0 aromatic heterocycles. The zero-order valence-electron chi connectivity index (χ0n) is 12.0. The van der Waals surface area contributed by atoms with E-state index in [1.807, 2.05) is 0 Å². The van der Waals surface area contributed by atoms with Gasteiger partial charge in [0.15, 0.2) is 0 Å². The highest BCUT2D eigenvalue weighted by molar-refractivity contribution is 5.06. The molecule has 0 aromatic rings. The lowest BCUT2D eigenvalue weighted by molar-refractivity contribution is -0.00461. The predicted octanol–water partition coefficient (Wildman–Crippen LogP) is 1.24. The lowest BCUT2D eigenvalue weighted by Crippen LogP contribution is -2.55. The number of nitrogens with two attached hydrogens (primary N) is 1. The molecule has 4 heteroatoms. The van der Waals surface area contributed by atoms with Crippen LogP contribution in [0.2, 0.25) is 0 Å². The summed E-state index contributed by atoms with van der Waals surface area (Å²) in [6.45, 7) is 4.94. The van der Waals surface area contributed by atoms with E-state index in [0.717, 1.165) is 25.6 Å². The van der Waals surface area contributed by atoms with Crippen molar-refractivity contribution >= 4 is 0 Å². The van der Waals surface area contributed by atoms with Crippen molar-refractivity contribution in [3.8, 4) is 0 Å². The first-order chi connectivity index (χ1) is 8.71. The molecule has 2 aliphatic rings. The Morgan fingerprint density at radius 3 is 2.06 bits per heavy atom. The van der Waals surface area contributed by atoms with E-state index in [4.69, 9.17) is 15.2 Å². The van der Waals surface area contributed by atoms with Crippen LogP contribution in [-0.2, 0) is 9.47 Å². The maximum atomic E-state index is 6.17. The van der Waals surface area contributed by atoms with Crippen LogP contribution in [0.3, 0.4) is 0 Å². The fraction of sp³-hybridized carbons (Fsp3) is 1.00. The van der Waals surface area contributed by atoms with Crippen LogP contribution < -0.4 is 5.73 Å². The third-order valence-electron chi connectivity index (χ3n) is 4.82. The molecule has 1 aliphatic carbocycles. The van der Waals surface area contributed by atoms with Crippen molar-refractivity contribution in [3.63, 3.8) is 0 Å². The van der Waals surface area contributed by atoms with E-state index in [2.05, 4.69) is 11.8 Å². The molecule has 1 saturated heterocycles. The SMILES string of the molecule is CCCC(CN)(C1CC1)N1CC(OC)C(OC)C1. The number of methoxy groups -OCH3 is 2. The van der Waals surface area contributed by atoms with Crippen molar-refractivity contribution in [1.82, 2.24) is 4.90 Å². The first-order valence-corrected chi connectivity index (χ1v) is 7.22. The van der Waals surface area contributed by atoms with Gasteiger partial charge in [0.2, 0.25) is 0 Å². The summed E-state index contributed by atoms with van der Waals surface area (Å²) in [6, 6.07) is 0. The molecule has 106 valence electrons. The zero-order chi connectivity index (χ0) is 13.2. The Balaban J connectivity index is 2.11. The molecule has 2 rings (SSSR count). The highest BCUT2D eigenvalue weighted by Gasteiger charge is 2.51. The van der Waals surface area contributed by atoms with Crippen LogP contribution in [0.15, 0.2) is 0 Å². The Labute approximate surface area is 111 Å². The second kappa shape index (κ2) is 5.87. The van der Waals surface area contributed by atoms with Crippen LogP contribution in [-0.4, -0.2) is 56.5 Å². The molecule has 1 heterocycles. The van der Waals surface area contributed by atoms with E-state index in [-0.39, 0.29) is 17.7 Å². The Morgan fingerprint density at radius 2 is 1.72 bits per heavy atom. The molecule has 0 spiro atoms. The van der Waals surface area contributed by atoms with Crippen LogP contribution >= 0.6 is 0 Å². The van der Waals surface area contributed by atoms with E-state index in [1.165, 1.54) is 25.7 Å². The highest BCUT2D eigenvalue weighted by Crippen LogP contribution is 2.46. The number of hydrogen-bond acceptors (Lipinski definition) is 4. The summed E-state index contributed by atoms with van der Waals surface area (Å²) < 4.78 is 11.1. The third kappa shape index (κ3) is 2.44. The minimum Gasteiger partial charge on any atom is -0.377 e. The van der Waals surface area contributed by atoms with Crippen molar-refractivity contribution in [2.24, 2.45) is 11.7 Å². The maximum Gasteiger partial charge on any atom is 0.0972 e. The van der Waals surface area contributed by atoms with Gasteiger partial charge in [-0.2, -0.15) is 0 Å². The number of rotatable bonds is 7. The van der Waals surface area contributed by atoms with Crippen LogP contribution in [0.5, 0.6) is 0 Å². The molecule has 4 nitrogen and oxygen atoms in total. The molecule has 18 heavy (non-hydrogen) atoms. The van der Waals surface area contributed by atoms with Gasteiger partial charge in [0.1, 0.15) is 0 Å². The molecular formula is C14H28N2O2. The largest absolute Gasteiger partial charge is 0.377 e. The molecular weight excluding hydrogens is 228 g/mol. The van der Waals surface area contributed by atoms with Crippen molar-refractivity contribution in [3.05, 3.63) is 0 Å². The van der Waals surface area contributed by atoms with Gasteiger partial charge in [-0.3, -0.25) is 4.90 Å². The fourth-order valence-corrected chi connectivity index (χ4v) is 3.63. The van der Waals surface area contributed by atoms with Crippen molar-refractivity contribution in [1.29, 1.82) is 0 Å².